The Bertz CT molecular complexity index is 1250. The number of sulfonamides is 1. The van der Waals surface area contributed by atoms with Crippen LogP contribution in [-0.2, 0) is 19.6 Å². The Morgan fingerprint density at radius 1 is 1.06 bits per heavy atom. The summed E-state index contributed by atoms with van der Waals surface area (Å²) >= 11 is 6.62. The number of ether oxygens (including phenoxy) is 2. The first-order chi connectivity index (χ1) is 17.2. The Labute approximate surface area is 220 Å². The summed E-state index contributed by atoms with van der Waals surface area (Å²) in [6, 6.07) is 13.2. The van der Waals surface area contributed by atoms with Gasteiger partial charge in [-0.05, 0) is 48.7 Å². The number of thiocarbonyl (C=S) groups is 1. The fourth-order valence-corrected chi connectivity index (χ4v) is 5.55. The van der Waals surface area contributed by atoms with Crippen molar-refractivity contribution in [2.24, 2.45) is 0 Å². The van der Waals surface area contributed by atoms with Crippen LogP contribution in [0.2, 0.25) is 0 Å². The molecule has 1 aliphatic heterocycles. The van der Waals surface area contributed by atoms with E-state index in [4.69, 9.17) is 21.7 Å². The summed E-state index contributed by atoms with van der Waals surface area (Å²) in [5.41, 5.74) is 3.02. The Hall–Kier alpha value is -2.93. The number of hydrogen-bond donors (Lipinski definition) is 2. The van der Waals surface area contributed by atoms with E-state index in [1.807, 2.05) is 6.07 Å². The molecule has 0 unspecified atom stereocenters. The third kappa shape index (κ3) is 7.29. The summed E-state index contributed by atoms with van der Waals surface area (Å²) in [5.74, 6) is 0.578. The highest BCUT2D eigenvalue weighted by atomic mass is 32.2. The van der Waals surface area contributed by atoms with Gasteiger partial charge < -0.3 is 9.47 Å². The Morgan fingerprint density at radius 2 is 1.78 bits per heavy atom. The van der Waals surface area contributed by atoms with E-state index in [9.17, 15) is 18.0 Å². The monoisotopic (exact) mass is 549 g/mol. The first-order valence-corrected chi connectivity index (χ1v) is 13.8. The van der Waals surface area contributed by atoms with Gasteiger partial charge in [0.2, 0.25) is 5.91 Å². The molecule has 2 N–H and O–H groups in total. The highest BCUT2D eigenvalue weighted by Gasteiger charge is 2.31. The minimum atomic E-state index is -3.81. The average molecular weight is 550 g/mol. The lowest BCUT2D eigenvalue weighted by atomic mass is 10.1. The molecule has 1 heterocycles. The zero-order chi connectivity index (χ0) is 26.1. The van der Waals surface area contributed by atoms with Crippen molar-refractivity contribution in [1.29, 1.82) is 0 Å². The molecule has 12 heteroatoms. The van der Waals surface area contributed by atoms with Gasteiger partial charge in [-0.15, -0.1) is 4.83 Å². The predicted octanol–water partition coefficient (Wildman–Crippen LogP) is 3.48. The van der Waals surface area contributed by atoms with Gasteiger partial charge in [0.05, 0.1) is 24.0 Å². The van der Waals surface area contributed by atoms with Gasteiger partial charge in [0, 0.05) is 13.0 Å². The van der Waals surface area contributed by atoms with Crippen LogP contribution in [0.5, 0.6) is 11.5 Å². The maximum Gasteiger partial charge on any atom is 0.266 e. The zero-order valence-corrected chi connectivity index (χ0v) is 22.3. The van der Waals surface area contributed by atoms with Crippen molar-refractivity contribution < 1.29 is 27.5 Å². The normalized spacial score (nSPS) is 14.8. The van der Waals surface area contributed by atoms with Crippen LogP contribution in [0.15, 0.2) is 58.3 Å². The number of hydrazine groups is 1. The average Bonchev–Trinajstić information content (AvgIpc) is 3.14. The van der Waals surface area contributed by atoms with Gasteiger partial charge in [-0.25, -0.2) is 8.42 Å². The van der Waals surface area contributed by atoms with Crippen molar-refractivity contribution in [1.82, 2.24) is 15.2 Å². The number of rotatable bonds is 12. The van der Waals surface area contributed by atoms with Crippen LogP contribution in [0.3, 0.4) is 0 Å². The van der Waals surface area contributed by atoms with Gasteiger partial charge >= 0.3 is 0 Å². The van der Waals surface area contributed by atoms with E-state index < -0.39 is 15.9 Å². The molecular weight excluding hydrogens is 522 g/mol. The molecule has 2 aromatic rings. The number of hydrogen-bond acceptors (Lipinski definition) is 8. The molecule has 1 aliphatic rings. The van der Waals surface area contributed by atoms with Gasteiger partial charge in [-0.2, -0.15) is 0 Å². The minimum absolute atomic E-state index is 0.0639. The van der Waals surface area contributed by atoms with Gasteiger partial charge in [0.1, 0.15) is 4.32 Å². The van der Waals surface area contributed by atoms with E-state index in [0.717, 1.165) is 5.56 Å². The summed E-state index contributed by atoms with van der Waals surface area (Å²) in [7, 11) is -0.703. The maximum atomic E-state index is 12.8. The highest BCUT2D eigenvalue weighted by Crippen LogP contribution is 2.34. The van der Waals surface area contributed by atoms with Crippen LogP contribution in [-0.4, -0.2) is 50.2 Å². The summed E-state index contributed by atoms with van der Waals surface area (Å²) in [6.07, 6.45) is 3.77. The van der Waals surface area contributed by atoms with E-state index in [0.29, 0.717) is 46.5 Å². The van der Waals surface area contributed by atoms with Crippen LogP contribution in [0.4, 0.5) is 0 Å². The third-order valence-electron chi connectivity index (χ3n) is 5.24. The van der Waals surface area contributed by atoms with E-state index in [1.165, 1.54) is 23.9 Å². The Balaban J connectivity index is 1.42. The number of methoxy groups -OCH3 is 2. The molecule has 0 saturated carbocycles. The molecule has 3 rings (SSSR count). The third-order valence-corrected chi connectivity index (χ3v) is 7.88. The molecule has 2 aromatic carbocycles. The molecule has 192 valence electrons. The lowest BCUT2D eigenvalue weighted by Gasteiger charge is -2.14. The molecule has 0 aromatic heterocycles. The first-order valence-electron chi connectivity index (χ1n) is 11.1. The van der Waals surface area contributed by atoms with Crippen LogP contribution >= 0.6 is 24.0 Å². The van der Waals surface area contributed by atoms with Crippen molar-refractivity contribution in [3.8, 4) is 11.5 Å². The number of amides is 2. The van der Waals surface area contributed by atoms with E-state index in [1.54, 1.807) is 55.5 Å². The molecule has 0 aliphatic carbocycles. The van der Waals surface area contributed by atoms with Crippen LogP contribution < -0.4 is 19.7 Å². The lowest BCUT2D eigenvalue weighted by molar-refractivity contribution is -0.123. The fourth-order valence-electron chi connectivity index (χ4n) is 3.36. The van der Waals surface area contributed by atoms with Gasteiger partial charge in [0.15, 0.2) is 11.5 Å². The predicted molar refractivity (Wildman–Crippen MR) is 143 cm³/mol. The lowest BCUT2D eigenvalue weighted by Crippen LogP contribution is -2.41. The number of nitrogens with one attached hydrogen (secondary N) is 2. The fraction of sp³-hybridized carbons (Fsp3) is 0.292. The molecule has 0 spiro atoms. The van der Waals surface area contributed by atoms with Crippen molar-refractivity contribution in [2.75, 3.05) is 20.8 Å². The van der Waals surface area contributed by atoms with Gasteiger partial charge in [-0.1, -0.05) is 54.7 Å². The van der Waals surface area contributed by atoms with Gasteiger partial charge in [-0.3, -0.25) is 19.9 Å². The first kappa shape index (κ1) is 27.7. The smallest absolute Gasteiger partial charge is 0.266 e. The molecule has 1 fully saturated rings. The van der Waals surface area contributed by atoms with Crippen LogP contribution in [0, 0.1) is 0 Å². The second kappa shape index (κ2) is 12.9. The van der Waals surface area contributed by atoms with Gasteiger partial charge in [0.25, 0.3) is 15.9 Å². The summed E-state index contributed by atoms with van der Waals surface area (Å²) in [4.78, 5) is 29.1. The molecule has 2 amide bonds. The summed E-state index contributed by atoms with van der Waals surface area (Å²) in [6.45, 7) is 0.441. The van der Waals surface area contributed by atoms with E-state index in [2.05, 4.69) is 10.3 Å². The number of carbonyl (C=O) groups is 2. The number of thioether (sulfide) groups is 1. The number of benzene rings is 2. The van der Waals surface area contributed by atoms with Crippen LogP contribution in [0.1, 0.15) is 31.2 Å². The van der Waals surface area contributed by atoms with Crippen molar-refractivity contribution in [2.45, 2.75) is 30.6 Å². The van der Waals surface area contributed by atoms with Crippen LogP contribution in [0.25, 0.3) is 6.08 Å². The number of nitrogens with zero attached hydrogens (tertiary/aromatic N) is 1. The number of unbranched alkanes of at least 4 members (excludes halogenated alkanes) is 2. The molecule has 0 bridgehead atoms. The SMILES string of the molecule is COc1ccc(C=C2SC(=S)N(CCCCCC(=O)NNS(=O)(=O)c3ccccc3)C2=O)cc1OC. The second-order valence-electron chi connectivity index (χ2n) is 7.73. The highest BCUT2D eigenvalue weighted by molar-refractivity contribution is 8.26. The summed E-state index contributed by atoms with van der Waals surface area (Å²) in [5, 5.41) is 0. The Morgan fingerprint density at radius 3 is 2.47 bits per heavy atom. The van der Waals surface area contributed by atoms with Crippen molar-refractivity contribution in [3.63, 3.8) is 0 Å². The number of carbonyl (C=O) groups excluding carboxylic acids is 2. The van der Waals surface area contributed by atoms with Crippen molar-refractivity contribution in [3.05, 3.63) is 59.0 Å². The molecule has 36 heavy (non-hydrogen) atoms. The van der Waals surface area contributed by atoms with E-state index in [-0.39, 0.29) is 17.2 Å². The topological polar surface area (TPSA) is 114 Å². The standard InChI is InChI=1S/C24H27N3O6S3/c1-32-19-13-12-17(15-20(19)33-2)16-21-23(29)27(24(34)35-21)14-8-4-7-11-22(28)25-26-36(30,31)18-9-5-3-6-10-18/h3,5-6,9-10,12-13,15-16,26H,4,7-8,11,14H2,1-2H3,(H,25,28). The van der Waals surface area contributed by atoms with Crippen molar-refractivity contribution >= 4 is 56.2 Å². The summed E-state index contributed by atoms with van der Waals surface area (Å²) < 4.78 is 35.3. The zero-order valence-electron chi connectivity index (χ0n) is 19.9. The van der Waals surface area contributed by atoms with E-state index >= 15 is 0 Å². The minimum Gasteiger partial charge on any atom is -0.493 e. The maximum absolute atomic E-state index is 12.8. The second-order valence-corrected chi connectivity index (χ2v) is 11.1. The molecular formula is C24H27N3O6S3. The molecule has 9 nitrogen and oxygen atoms in total. The Kier molecular flexibility index (Phi) is 9.88. The molecule has 1 saturated heterocycles. The molecule has 0 atom stereocenters. The largest absolute Gasteiger partial charge is 0.493 e. The molecule has 0 radical (unpaired) electrons. The quantitative estimate of drug-likeness (QED) is 0.179.